The summed E-state index contributed by atoms with van der Waals surface area (Å²) in [5.41, 5.74) is 8.08. The van der Waals surface area contributed by atoms with Gasteiger partial charge in [0.05, 0.1) is 26.4 Å². The maximum atomic E-state index is 11.9. The van der Waals surface area contributed by atoms with Gasteiger partial charge in [-0.05, 0) is 120 Å². The van der Waals surface area contributed by atoms with Gasteiger partial charge in [0.25, 0.3) is 0 Å². The minimum Gasteiger partial charge on any atom is -0.493 e. The second-order valence-electron chi connectivity index (χ2n) is 16.7. The molecule has 5 nitrogen and oxygen atoms in total. The normalized spacial score (nSPS) is 16.5. The minimum atomic E-state index is -0.588. The molecule has 0 heterocycles. The molecule has 0 atom stereocenters. The number of carbonyl (C=O) groups excluding carboxylic acids is 1. The zero-order valence-corrected chi connectivity index (χ0v) is 33.3. The van der Waals surface area contributed by atoms with E-state index in [0.717, 1.165) is 42.1 Å². The molecule has 3 aromatic rings. The summed E-state index contributed by atoms with van der Waals surface area (Å²) < 4.78 is 11.8. The van der Waals surface area contributed by atoms with E-state index in [1.54, 1.807) is 6.92 Å². The Balaban J connectivity index is 1.48. The molecule has 1 aliphatic rings. The van der Waals surface area contributed by atoms with Crippen LogP contribution in [0.3, 0.4) is 0 Å². The summed E-state index contributed by atoms with van der Waals surface area (Å²) in [5.74, 6) is 2.16. The predicted molar refractivity (Wildman–Crippen MR) is 216 cm³/mol. The van der Waals surface area contributed by atoms with Crippen LogP contribution in [-0.4, -0.2) is 42.6 Å². The second-order valence-corrected chi connectivity index (χ2v) is 16.7. The van der Waals surface area contributed by atoms with Crippen LogP contribution in [0.15, 0.2) is 60.7 Å². The van der Waals surface area contributed by atoms with Gasteiger partial charge in [-0.3, -0.25) is 4.79 Å². The van der Waals surface area contributed by atoms with Gasteiger partial charge >= 0.3 is 5.97 Å². The molecule has 286 valence electrons. The van der Waals surface area contributed by atoms with Crippen LogP contribution in [0, 0.1) is 16.7 Å². The van der Waals surface area contributed by atoms with Crippen molar-refractivity contribution in [1.29, 1.82) is 0 Å². The van der Waals surface area contributed by atoms with Gasteiger partial charge < -0.3 is 19.7 Å². The Bertz CT molecular complexity index is 1510. The van der Waals surface area contributed by atoms with Crippen molar-refractivity contribution in [2.45, 2.75) is 137 Å². The Morgan fingerprint density at radius 1 is 0.750 bits per heavy atom. The summed E-state index contributed by atoms with van der Waals surface area (Å²) in [5, 5.41) is 20.5. The summed E-state index contributed by atoms with van der Waals surface area (Å²) in [6, 6.07) is 22.5. The van der Waals surface area contributed by atoms with Crippen molar-refractivity contribution in [2.24, 2.45) is 16.7 Å². The number of aliphatic hydroxyl groups is 2. The van der Waals surface area contributed by atoms with Crippen molar-refractivity contribution in [2.75, 3.05) is 26.4 Å². The molecule has 1 aliphatic carbocycles. The lowest BCUT2D eigenvalue weighted by molar-refractivity contribution is -0.143. The lowest BCUT2D eigenvalue weighted by Gasteiger charge is -2.32. The molecular weight excluding hydrogens is 645 g/mol. The van der Waals surface area contributed by atoms with Gasteiger partial charge in [-0.25, -0.2) is 0 Å². The van der Waals surface area contributed by atoms with E-state index in [2.05, 4.69) is 89.2 Å². The summed E-state index contributed by atoms with van der Waals surface area (Å²) >= 11 is 0. The highest BCUT2D eigenvalue weighted by atomic mass is 16.5. The molecule has 52 heavy (non-hydrogen) atoms. The topological polar surface area (TPSA) is 76.0 Å². The van der Waals surface area contributed by atoms with Crippen LogP contribution in [-0.2, 0) is 22.4 Å². The van der Waals surface area contributed by atoms with Crippen LogP contribution in [0.5, 0.6) is 5.75 Å². The maximum absolute atomic E-state index is 11.9. The quantitative estimate of drug-likeness (QED) is 0.0901. The van der Waals surface area contributed by atoms with E-state index < -0.39 is 5.41 Å². The SMILES string of the molecule is CCCCCC1CCC(c2ccc(-c3ccc(-c4ccc(OCCC(CO)(CO)CCC(C)(C)C)c(CCOC(=O)CC)c4)c(CC)c3)cc2)CC1. The average molecular weight is 713 g/mol. The standard InChI is InChI=1S/C47H68O5/c1-7-10-11-12-35-13-15-37(16-14-35)38-17-19-39(20-18-38)40-21-23-43(36(8-2)31-40)41-22-24-44(42(32-41)25-29-52-45(50)9-3)51-30-28-47(33-48,34-49)27-26-46(4,5)6/h17-24,31-32,35,37,48-49H,7-16,25-30,33-34H2,1-6H3. The predicted octanol–water partition coefficient (Wildman–Crippen LogP) is 11.5. The van der Waals surface area contributed by atoms with Crippen LogP contribution >= 0.6 is 0 Å². The van der Waals surface area contributed by atoms with Gasteiger partial charge in [0.2, 0.25) is 0 Å². The summed E-state index contributed by atoms with van der Waals surface area (Å²) in [6.45, 7) is 13.3. The molecule has 1 saturated carbocycles. The molecule has 0 spiro atoms. The minimum absolute atomic E-state index is 0.0816. The number of ether oxygens (including phenoxy) is 2. The van der Waals surface area contributed by atoms with Crippen molar-refractivity contribution in [3.63, 3.8) is 0 Å². The van der Waals surface area contributed by atoms with Gasteiger partial charge in [0.1, 0.15) is 5.75 Å². The van der Waals surface area contributed by atoms with Crippen LogP contribution in [0.25, 0.3) is 22.3 Å². The zero-order valence-electron chi connectivity index (χ0n) is 33.3. The smallest absolute Gasteiger partial charge is 0.305 e. The molecule has 0 bridgehead atoms. The van der Waals surface area contributed by atoms with E-state index >= 15 is 0 Å². The Morgan fingerprint density at radius 2 is 1.42 bits per heavy atom. The Labute approximate surface area is 315 Å². The van der Waals surface area contributed by atoms with Crippen molar-refractivity contribution < 1.29 is 24.5 Å². The van der Waals surface area contributed by atoms with Gasteiger partial charge in [-0.2, -0.15) is 0 Å². The van der Waals surface area contributed by atoms with E-state index in [1.165, 1.54) is 79.2 Å². The lowest BCUT2D eigenvalue weighted by atomic mass is 9.76. The fraction of sp³-hybridized carbons (Fsp3) is 0.596. The molecule has 0 aromatic heterocycles. The monoisotopic (exact) mass is 713 g/mol. The highest BCUT2D eigenvalue weighted by Crippen LogP contribution is 2.39. The van der Waals surface area contributed by atoms with E-state index in [-0.39, 0.29) is 31.2 Å². The third kappa shape index (κ3) is 12.2. The Hall–Kier alpha value is -3.15. The number of rotatable bonds is 20. The zero-order chi connectivity index (χ0) is 37.6. The number of esters is 1. The molecule has 4 rings (SSSR count). The van der Waals surface area contributed by atoms with Gasteiger partial charge in [-0.1, -0.05) is 116 Å². The molecule has 0 radical (unpaired) electrons. The van der Waals surface area contributed by atoms with Crippen molar-refractivity contribution >= 4 is 5.97 Å². The number of hydrogen-bond donors (Lipinski definition) is 2. The van der Waals surface area contributed by atoms with Gasteiger partial charge in [0.15, 0.2) is 0 Å². The second kappa shape index (κ2) is 20.3. The Morgan fingerprint density at radius 3 is 2.06 bits per heavy atom. The van der Waals surface area contributed by atoms with Crippen LogP contribution in [0.2, 0.25) is 0 Å². The number of aryl methyl sites for hydroxylation is 1. The van der Waals surface area contributed by atoms with E-state index in [4.69, 9.17) is 9.47 Å². The fourth-order valence-corrected chi connectivity index (χ4v) is 7.73. The van der Waals surface area contributed by atoms with Crippen LogP contribution in [0.1, 0.15) is 141 Å². The molecule has 3 aromatic carbocycles. The van der Waals surface area contributed by atoms with Gasteiger partial charge in [0, 0.05) is 18.3 Å². The first-order chi connectivity index (χ1) is 25.0. The first-order valence-corrected chi connectivity index (χ1v) is 20.4. The summed E-state index contributed by atoms with van der Waals surface area (Å²) in [4.78, 5) is 11.9. The maximum Gasteiger partial charge on any atom is 0.305 e. The summed E-state index contributed by atoms with van der Waals surface area (Å²) in [6.07, 6.45) is 14.9. The van der Waals surface area contributed by atoms with Crippen molar-refractivity contribution in [1.82, 2.24) is 0 Å². The van der Waals surface area contributed by atoms with E-state index in [0.29, 0.717) is 31.8 Å². The third-order valence-corrected chi connectivity index (χ3v) is 11.5. The Kier molecular flexibility index (Phi) is 16.3. The first kappa shape index (κ1) is 41.6. The molecule has 0 saturated heterocycles. The highest BCUT2D eigenvalue weighted by molar-refractivity contribution is 5.75. The van der Waals surface area contributed by atoms with E-state index in [9.17, 15) is 15.0 Å². The summed E-state index contributed by atoms with van der Waals surface area (Å²) in [7, 11) is 0. The number of carbonyl (C=O) groups is 1. The van der Waals surface area contributed by atoms with Gasteiger partial charge in [-0.15, -0.1) is 0 Å². The first-order valence-electron chi connectivity index (χ1n) is 20.4. The fourth-order valence-electron chi connectivity index (χ4n) is 7.73. The van der Waals surface area contributed by atoms with Crippen molar-refractivity contribution in [3.8, 4) is 28.0 Å². The molecular formula is C47H68O5. The average Bonchev–Trinajstić information content (AvgIpc) is 3.16. The van der Waals surface area contributed by atoms with Crippen LogP contribution in [0.4, 0.5) is 0 Å². The number of hydrogen-bond acceptors (Lipinski definition) is 5. The molecule has 5 heteroatoms. The number of unbranched alkanes of at least 4 members (excludes halogenated alkanes) is 2. The molecule has 1 fully saturated rings. The lowest BCUT2D eigenvalue weighted by Crippen LogP contribution is -2.33. The highest BCUT2D eigenvalue weighted by Gasteiger charge is 2.30. The van der Waals surface area contributed by atoms with Crippen molar-refractivity contribution in [3.05, 3.63) is 77.4 Å². The molecule has 0 unspecified atom stereocenters. The molecule has 0 amide bonds. The molecule has 0 aliphatic heterocycles. The number of aliphatic hydroxyl groups excluding tert-OH is 2. The third-order valence-electron chi connectivity index (χ3n) is 11.5. The molecule has 2 N–H and O–H groups in total. The largest absolute Gasteiger partial charge is 0.493 e. The van der Waals surface area contributed by atoms with E-state index in [1.807, 2.05) is 6.07 Å². The van der Waals surface area contributed by atoms with Crippen LogP contribution < -0.4 is 4.74 Å². The number of benzene rings is 3.